The van der Waals surface area contributed by atoms with Crippen molar-refractivity contribution < 1.29 is 19.0 Å². The smallest absolute Gasteiger partial charge is 0.251 e. The third-order valence-electron chi connectivity index (χ3n) is 8.10. The Morgan fingerprint density at radius 1 is 1.30 bits per heavy atom. The van der Waals surface area contributed by atoms with Gasteiger partial charge in [-0.15, -0.1) is 0 Å². The SMILES string of the molecule is COC1C=CC=C(F)C1CN1CCC(O)C(NC(=O)c2ccc3[nH]nc(C4=CN5C=CC(C)C=C5C=C4)c3c2)C1. The highest BCUT2D eigenvalue weighted by molar-refractivity contribution is 6.01. The number of aliphatic hydroxyl groups is 1. The van der Waals surface area contributed by atoms with Crippen molar-refractivity contribution >= 4 is 22.4 Å². The molecule has 1 aromatic heterocycles. The van der Waals surface area contributed by atoms with E-state index in [1.807, 2.05) is 30.5 Å². The number of ether oxygens (including phenoxy) is 1. The van der Waals surface area contributed by atoms with Crippen LogP contribution in [0.25, 0.3) is 16.5 Å². The van der Waals surface area contributed by atoms with Crippen LogP contribution in [0.15, 0.2) is 84.7 Å². The van der Waals surface area contributed by atoms with Gasteiger partial charge >= 0.3 is 0 Å². The zero-order chi connectivity index (χ0) is 27.8. The molecule has 8 nitrogen and oxygen atoms in total. The largest absolute Gasteiger partial charge is 0.391 e. The van der Waals surface area contributed by atoms with Crippen LogP contribution in [0.5, 0.6) is 0 Å². The fourth-order valence-electron chi connectivity index (χ4n) is 5.82. The number of halogens is 1. The molecule has 4 heterocycles. The van der Waals surface area contributed by atoms with E-state index in [1.165, 1.54) is 6.08 Å². The number of fused-ring (bicyclic) bond motifs is 2. The molecule has 3 N–H and O–H groups in total. The third kappa shape index (κ3) is 5.20. The van der Waals surface area contributed by atoms with Crippen molar-refractivity contribution in [1.29, 1.82) is 0 Å². The summed E-state index contributed by atoms with van der Waals surface area (Å²) in [5.41, 5.74) is 4.14. The molecule has 0 radical (unpaired) electrons. The van der Waals surface area contributed by atoms with Crippen LogP contribution in [0.3, 0.4) is 0 Å². The quantitative estimate of drug-likeness (QED) is 0.509. The summed E-state index contributed by atoms with van der Waals surface area (Å²) in [6, 6.07) is 4.96. The van der Waals surface area contributed by atoms with Gasteiger partial charge in [0, 0.05) is 61.4 Å². The number of methoxy groups -OCH3 is 1. The summed E-state index contributed by atoms with van der Waals surface area (Å²) in [5, 5.41) is 22.2. The highest BCUT2D eigenvalue weighted by Crippen LogP contribution is 2.31. The average molecular weight is 544 g/mol. The molecule has 2 aromatic rings. The second kappa shape index (κ2) is 11.0. The predicted molar refractivity (Wildman–Crippen MR) is 152 cm³/mol. The molecule has 208 valence electrons. The summed E-state index contributed by atoms with van der Waals surface area (Å²) in [5.74, 6) is -0.515. The number of carbonyl (C=O) groups is 1. The Balaban J connectivity index is 1.17. The van der Waals surface area contributed by atoms with Gasteiger partial charge in [-0.1, -0.05) is 31.2 Å². The van der Waals surface area contributed by atoms with E-state index < -0.39 is 18.1 Å². The highest BCUT2D eigenvalue weighted by atomic mass is 19.1. The summed E-state index contributed by atoms with van der Waals surface area (Å²) in [7, 11) is 1.58. The number of benzene rings is 1. The van der Waals surface area contributed by atoms with Crippen LogP contribution >= 0.6 is 0 Å². The molecule has 0 saturated carbocycles. The number of aromatic nitrogens is 2. The fraction of sp³-hybridized carbons (Fsp3) is 0.355. The van der Waals surface area contributed by atoms with E-state index in [0.717, 1.165) is 27.9 Å². The average Bonchev–Trinajstić information content (AvgIpc) is 3.39. The van der Waals surface area contributed by atoms with Crippen molar-refractivity contribution in [2.24, 2.45) is 11.8 Å². The van der Waals surface area contributed by atoms with Crippen LogP contribution < -0.4 is 5.32 Å². The Labute approximate surface area is 232 Å². The summed E-state index contributed by atoms with van der Waals surface area (Å²) >= 11 is 0. The topological polar surface area (TPSA) is 93.7 Å². The molecule has 4 aliphatic rings. The molecular weight excluding hydrogens is 509 g/mol. The number of rotatable bonds is 6. The Hall–Kier alpha value is -3.79. The molecule has 5 unspecified atom stereocenters. The lowest BCUT2D eigenvalue weighted by atomic mass is 9.93. The van der Waals surface area contributed by atoms with Crippen LogP contribution in [-0.4, -0.2) is 76.0 Å². The minimum atomic E-state index is -0.682. The molecule has 1 fully saturated rings. The van der Waals surface area contributed by atoms with Gasteiger partial charge in [0.15, 0.2) is 0 Å². The zero-order valence-corrected chi connectivity index (χ0v) is 22.6. The normalized spacial score (nSPS) is 28.2. The van der Waals surface area contributed by atoms with Gasteiger partial charge in [0.05, 0.1) is 29.7 Å². The summed E-state index contributed by atoms with van der Waals surface area (Å²) in [6.07, 6.45) is 17.0. The Bertz CT molecular complexity index is 1480. The number of nitrogens with zero attached hydrogens (tertiary/aromatic N) is 3. The molecule has 1 saturated heterocycles. The molecule has 1 aromatic carbocycles. The Kier molecular flexibility index (Phi) is 7.27. The lowest BCUT2D eigenvalue weighted by molar-refractivity contribution is 0.0232. The fourth-order valence-corrected chi connectivity index (χ4v) is 5.82. The van der Waals surface area contributed by atoms with Crippen molar-refractivity contribution in [2.45, 2.75) is 31.6 Å². The van der Waals surface area contributed by atoms with Crippen LogP contribution in [-0.2, 0) is 4.74 Å². The van der Waals surface area contributed by atoms with Gasteiger partial charge < -0.3 is 25.0 Å². The van der Waals surface area contributed by atoms with Gasteiger partial charge in [0.25, 0.3) is 5.91 Å². The standard InChI is InChI=1S/C31H34FN5O3/c1-19-10-13-37-16-21(6-8-22(37)14-19)30-23-15-20(7-9-26(23)34-35-30)31(39)33-27-18-36(12-11-28(27)38)17-24-25(32)4-3-5-29(24)40-2/h3-10,13-16,19,24,27-29,38H,11-12,17-18H2,1-2H3,(H,33,39)(H,34,35). The van der Waals surface area contributed by atoms with Gasteiger partial charge in [-0.2, -0.15) is 5.10 Å². The molecule has 6 rings (SSSR count). The maximum absolute atomic E-state index is 14.6. The van der Waals surface area contributed by atoms with E-state index in [1.54, 1.807) is 19.3 Å². The van der Waals surface area contributed by atoms with E-state index >= 15 is 0 Å². The maximum Gasteiger partial charge on any atom is 0.251 e. The van der Waals surface area contributed by atoms with Crippen LogP contribution in [0.4, 0.5) is 4.39 Å². The van der Waals surface area contributed by atoms with Crippen molar-refractivity contribution in [1.82, 2.24) is 25.3 Å². The molecule has 5 atom stereocenters. The van der Waals surface area contributed by atoms with Gasteiger partial charge in [-0.3, -0.25) is 9.89 Å². The monoisotopic (exact) mass is 543 g/mol. The second-order valence-corrected chi connectivity index (χ2v) is 10.9. The second-order valence-electron chi connectivity index (χ2n) is 10.9. The van der Waals surface area contributed by atoms with Crippen molar-refractivity contribution in [2.75, 3.05) is 26.7 Å². The molecule has 40 heavy (non-hydrogen) atoms. The third-order valence-corrected chi connectivity index (χ3v) is 8.10. The first-order valence-electron chi connectivity index (χ1n) is 13.7. The predicted octanol–water partition coefficient (Wildman–Crippen LogP) is 4.04. The molecule has 0 bridgehead atoms. The van der Waals surface area contributed by atoms with Crippen molar-refractivity contribution in [3.8, 4) is 0 Å². The molecule has 0 spiro atoms. The molecule has 3 aliphatic heterocycles. The van der Waals surface area contributed by atoms with Gasteiger partial charge in [0.2, 0.25) is 0 Å². The van der Waals surface area contributed by atoms with Gasteiger partial charge in [0.1, 0.15) is 11.5 Å². The first-order valence-corrected chi connectivity index (χ1v) is 13.7. The molecular formula is C31H34FN5O3. The van der Waals surface area contributed by atoms with Crippen LogP contribution in [0, 0.1) is 11.8 Å². The van der Waals surface area contributed by atoms with Crippen LogP contribution in [0.2, 0.25) is 0 Å². The number of hydrogen-bond donors (Lipinski definition) is 3. The number of piperidine rings is 1. The van der Waals surface area contributed by atoms with Gasteiger partial charge in [-0.25, -0.2) is 4.39 Å². The summed E-state index contributed by atoms with van der Waals surface area (Å²) in [6.45, 7) is 3.63. The number of carbonyl (C=O) groups excluding carboxylic acids is 1. The van der Waals surface area contributed by atoms with Crippen LogP contribution in [0.1, 0.15) is 29.4 Å². The number of allylic oxidation sites excluding steroid dienone is 7. The Morgan fingerprint density at radius 2 is 2.17 bits per heavy atom. The summed E-state index contributed by atoms with van der Waals surface area (Å²) < 4.78 is 20.0. The minimum Gasteiger partial charge on any atom is -0.391 e. The van der Waals surface area contributed by atoms with E-state index in [9.17, 15) is 14.3 Å². The molecule has 1 aliphatic carbocycles. The minimum absolute atomic E-state index is 0.216. The van der Waals surface area contributed by atoms with E-state index in [0.29, 0.717) is 37.5 Å². The Morgan fingerprint density at radius 3 is 3.02 bits per heavy atom. The van der Waals surface area contributed by atoms with Gasteiger partial charge in [-0.05, 0) is 48.8 Å². The number of amides is 1. The first-order chi connectivity index (χ1) is 19.4. The number of aromatic amines is 1. The van der Waals surface area contributed by atoms with E-state index in [-0.39, 0.29) is 17.8 Å². The number of nitrogens with one attached hydrogen (secondary N) is 2. The number of aliphatic hydroxyl groups excluding tert-OH is 1. The number of likely N-dealkylation sites (tertiary alicyclic amines) is 1. The summed E-state index contributed by atoms with van der Waals surface area (Å²) in [4.78, 5) is 17.5. The number of H-pyrrole nitrogens is 1. The van der Waals surface area contributed by atoms with E-state index in [2.05, 4.69) is 56.7 Å². The van der Waals surface area contributed by atoms with Crippen molar-refractivity contribution in [3.05, 3.63) is 95.9 Å². The lowest BCUT2D eigenvalue weighted by Crippen LogP contribution is -2.56. The highest BCUT2D eigenvalue weighted by Gasteiger charge is 2.34. The maximum atomic E-state index is 14.6. The number of hydrogen-bond acceptors (Lipinski definition) is 6. The molecule has 9 heteroatoms. The van der Waals surface area contributed by atoms with E-state index in [4.69, 9.17) is 4.74 Å². The first kappa shape index (κ1) is 26.4. The van der Waals surface area contributed by atoms with Crippen molar-refractivity contribution in [3.63, 3.8) is 0 Å². The molecule has 1 amide bonds. The lowest BCUT2D eigenvalue weighted by Gasteiger charge is -2.39. The zero-order valence-electron chi connectivity index (χ0n) is 22.6.